The number of hydrazine groups is 1. The average molecular weight is 347 g/mol. The lowest BCUT2D eigenvalue weighted by atomic mass is 10.4. The Morgan fingerprint density at radius 2 is 2.10 bits per heavy atom. The van der Waals surface area contributed by atoms with Crippen molar-refractivity contribution in [1.29, 1.82) is 0 Å². The molecule has 4 N–H and O–H groups in total. The summed E-state index contributed by atoms with van der Waals surface area (Å²) in [6.45, 7) is 2.29. The van der Waals surface area contributed by atoms with Gasteiger partial charge in [-0.25, -0.2) is 24.0 Å². The molecule has 2 aromatic heterocycles. The van der Waals surface area contributed by atoms with E-state index in [-0.39, 0.29) is 22.3 Å². The van der Waals surface area contributed by atoms with Gasteiger partial charge in [-0.2, -0.15) is 0 Å². The van der Waals surface area contributed by atoms with Crippen molar-refractivity contribution in [3.05, 3.63) is 39.2 Å². The molecule has 0 radical (unpaired) electrons. The summed E-state index contributed by atoms with van der Waals surface area (Å²) in [4.78, 5) is 6.02. The standard InChI is InChI=1S/C12H15ClN4O2S2/c1-2-8-3-4-9(20-8)6-16-21(18,19)10-5-11(13)12(17-14)15-7-10/h3-5,7,16H,2,6,14H2,1H3,(H,15,17). The van der Waals surface area contributed by atoms with E-state index in [1.807, 2.05) is 12.1 Å². The Morgan fingerprint density at radius 3 is 2.67 bits per heavy atom. The molecule has 0 unspecified atom stereocenters. The summed E-state index contributed by atoms with van der Waals surface area (Å²) in [5, 5.41) is 0.143. The molecule has 2 aromatic rings. The number of hydrogen-bond acceptors (Lipinski definition) is 6. The molecule has 0 aromatic carbocycles. The van der Waals surface area contributed by atoms with Crippen LogP contribution in [0, 0.1) is 0 Å². The van der Waals surface area contributed by atoms with E-state index < -0.39 is 10.0 Å². The average Bonchev–Trinajstić information content (AvgIpc) is 2.93. The quantitative estimate of drug-likeness (QED) is 0.550. The minimum absolute atomic E-state index is 0.00114. The Labute approximate surface area is 132 Å². The van der Waals surface area contributed by atoms with E-state index in [1.54, 1.807) is 11.3 Å². The topological polar surface area (TPSA) is 97.1 Å². The number of pyridine rings is 1. The molecule has 0 saturated heterocycles. The molecule has 6 nitrogen and oxygen atoms in total. The Balaban J connectivity index is 2.12. The number of sulfonamides is 1. The van der Waals surface area contributed by atoms with E-state index in [9.17, 15) is 8.42 Å². The number of hydrogen-bond donors (Lipinski definition) is 3. The number of aryl methyl sites for hydroxylation is 1. The van der Waals surface area contributed by atoms with E-state index in [4.69, 9.17) is 17.4 Å². The van der Waals surface area contributed by atoms with Crippen LogP contribution in [0.5, 0.6) is 0 Å². The van der Waals surface area contributed by atoms with Crippen molar-refractivity contribution in [2.75, 3.05) is 5.43 Å². The summed E-state index contributed by atoms with van der Waals surface area (Å²) in [7, 11) is -3.66. The molecule has 0 spiro atoms. The van der Waals surface area contributed by atoms with Crippen molar-refractivity contribution in [2.45, 2.75) is 24.8 Å². The first kappa shape index (κ1) is 16.2. The van der Waals surface area contributed by atoms with Gasteiger partial charge in [-0.3, -0.25) is 0 Å². The highest BCUT2D eigenvalue weighted by atomic mass is 35.5. The van der Waals surface area contributed by atoms with Crippen LogP contribution in [0.4, 0.5) is 5.82 Å². The largest absolute Gasteiger partial charge is 0.307 e. The van der Waals surface area contributed by atoms with Gasteiger partial charge in [-0.1, -0.05) is 18.5 Å². The van der Waals surface area contributed by atoms with Gasteiger partial charge >= 0.3 is 0 Å². The monoisotopic (exact) mass is 346 g/mol. The summed E-state index contributed by atoms with van der Waals surface area (Å²) in [6, 6.07) is 5.21. The molecule has 2 heterocycles. The molecule has 0 saturated carbocycles. The second kappa shape index (κ2) is 6.71. The van der Waals surface area contributed by atoms with Crippen LogP contribution in [0.25, 0.3) is 0 Å². The van der Waals surface area contributed by atoms with Gasteiger partial charge in [0.25, 0.3) is 0 Å². The summed E-state index contributed by atoms with van der Waals surface area (Å²) < 4.78 is 26.9. The highest BCUT2D eigenvalue weighted by Crippen LogP contribution is 2.22. The fourth-order valence-corrected chi connectivity index (χ4v) is 3.88. The highest BCUT2D eigenvalue weighted by Gasteiger charge is 2.16. The maximum atomic E-state index is 12.2. The van der Waals surface area contributed by atoms with Crippen molar-refractivity contribution in [1.82, 2.24) is 9.71 Å². The van der Waals surface area contributed by atoms with Crippen molar-refractivity contribution in [3.63, 3.8) is 0 Å². The van der Waals surface area contributed by atoms with E-state index in [1.165, 1.54) is 17.1 Å². The zero-order chi connectivity index (χ0) is 15.5. The molecule has 114 valence electrons. The number of nitrogens with one attached hydrogen (secondary N) is 2. The Bertz CT molecular complexity index is 731. The van der Waals surface area contributed by atoms with Gasteiger partial charge in [0, 0.05) is 22.5 Å². The predicted molar refractivity (Wildman–Crippen MR) is 84.8 cm³/mol. The summed E-state index contributed by atoms with van der Waals surface area (Å²) in [5.41, 5.74) is 2.28. The maximum Gasteiger partial charge on any atom is 0.242 e. The molecular formula is C12H15ClN4O2S2. The summed E-state index contributed by atoms with van der Waals surface area (Å²) >= 11 is 7.46. The lowest BCUT2D eigenvalue weighted by Crippen LogP contribution is -2.23. The van der Waals surface area contributed by atoms with E-state index >= 15 is 0 Å². The molecule has 0 atom stereocenters. The van der Waals surface area contributed by atoms with Crippen LogP contribution in [0.1, 0.15) is 16.7 Å². The van der Waals surface area contributed by atoms with Gasteiger partial charge in [0.15, 0.2) is 5.82 Å². The zero-order valence-electron chi connectivity index (χ0n) is 11.3. The molecule has 0 aliphatic carbocycles. The minimum Gasteiger partial charge on any atom is -0.307 e. The third-order valence-electron chi connectivity index (χ3n) is 2.77. The SMILES string of the molecule is CCc1ccc(CNS(=O)(=O)c2cnc(NN)c(Cl)c2)s1. The number of halogens is 1. The molecule has 0 aliphatic rings. The van der Waals surface area contributed by atoms with E-state index in [2.05, 4.69) is 22.1 Å². The fraction of sp³-hybridized carbons (Fsp3) is 0.250. The second-order valence-electron chi connectivity index (χ2n) is 4.19. The Kier molecular flexibility index (Phi) is 5.17. The molecule has 0 aliphatic heterocycles. The first-order valence-corrected chi connectivity index (χ1v) is 8.83. The first-order chi connectivity index (χ1) is 9.96. The van der Waals surface area contributed by atoms with Crippen LogP contribution in [-0.2, 0) is 23.0 Å². The van der Waals surface area contributed by atoms with Gasteiger partial charge < -0.3 is 5.43 Å². The fourth-order valence-electron chi connectivity index (χ4n) is 1.63. The second-order valence-corrected chi connectivity index (χ2v) is 7.62. The summed E-state index contributed by atoms with van der Waals surface area (Å²) in [5.74, 6) is 5.42. The number of thiophene rings is 1. The van der Waals surface area contributed by atoms with Crippen molar-refractivity contribution in [2.24, 2.45) is 5.84 Å². The smallest absolute Gasteiger partial charge is 0.242 e. The lowest BCUT2D eigenvalue weighted by molar-refractivity contribution is 0.581. The van der Waals surface area contributed by atoms with Crippen molar-refractivity contribution >= 4 is 38.8 Å². The Morgan fingerprint density at radius 1 is 1.38 bits per heavy atom. The van der Waals surface area contributed by atoms with Gasteiger partial charge in [0.05, 0.1) is 5.02 Å². The molecule has 9 heteroatoms. The third kappa shape index (κ3) is 3.92. The van der Waals surface area contributed by atoms with Crippen LogP contribution in [0.2, 0.25) is 5.02 Å². The van der Waals surface area contributed by atoms with Crippen LogP contribution in [-0.4, -0.2) is 13.4 Å². The maximum absolute atomic E-state index is 12.2. The Hall–Kier alpha value is -1.19. The van der Waals surface area contributed by atoms with Crippen LogP contribution >= 0.6 is 22.9 Å². The van der Waals surface area contributed by atoms with Gasteiger partial charge in [-0.05, 0) is 24.6 Å². The normalized spacial score (nSPS) is 11.6. The van der Waals surface area contributed by atoms with E-state index in [0.29, 0.717) is 0 Å². The molecule has 2 rings (SSSR count). The summed E-state index contributed by atoms with van der Waals surface area (Å²) in [6.07, 6.45) is 2.14. The van der Waals surface area contributed by atoms with Crippen LogP contribution in [0.15, 0.2) is 29.3 Å². The first-order valence-electron chi connectivity index (χ1n) is 6.15. The number of rotatable bonds is 6. The number of nitrogens with two attached hydrogens (primary N) is 1. The molecule has 0 amide bonds. The zero-order valence-corrected chi connectivity index (χ0v) is 13.6. The molecular weight excluding hydrogens is 332 g/mol. The van der Waals surface area contributed by atoms with E-state index in [0.717, 1.165) is 11.3 Å². The van der Waals surface area contributed by atoms with Crippen LogP contribution < -0.4 is 16.0 Å². The number of anilines is 1. The van der Waals surface area contributed by atoms with Crippen molar-refractivity contribution < 1.29 is 8.42 Å². The van der Waals surface area contributed by atoms with Gasteiger partial charge in [0.1, 0.15) is 4.90 Å². The van der Waals surface area contributed by atoms with Crippen molar-refractivity contribution in [3.8, 4) is 0 Å². The highest BCUT2D eigenvalue weighted by molar-refractivity contribution is 7.89. The molecule has 0 bridgehead atoms. The lowest BCUT2D eigenvalue weighted by Gasteiger charge is -2.07. The van der Waals surface area contributed by atoms with Crippen LogP contribution in [0.3, 0.4) is 0 Å². The number of nitrogen functional groups attached to an aromatic ring is 1. The molecule has 21 heavy (non-hydrogen) atoms. The minimum atomic E-state index is -3.66. The third-order valence-corrected chi connectivity index (χ3v) is 5.65. The molecule has 0 fully saturated rings. The van der Waals surface area contributed by atoms with Gasteiger partial charge in [-0.15, -0.1) is 11.3 Å². The number of nitrogens with zero attached hydrogens (tertiary/aromatic N) is 1. The predicted octanol–water partition coefficient (Wildman–Crippen LogP) is 2.12. The van der Waals surface area contributed by atoms with Gasteiger partial charge in [0.2, 0.25) is 10.0 Å². The number of aromatic nitrogens is 1.